The Balaban J connectivity index is 1.99. The van der Waals surface area contributed by atoms with Crippen molar-refractivity contribution >= 4 is 12.2 Å². The molecule has 6 heteroatoms. The first-order chi connectivity index (χ1) is 12.4. The first-order valence-corrected chi connectivity index (χ1v) is 7.83. The highest BCUT2D eigenvalue weighted by Crippen LogP contribution is 2.30. The summed E-state index contributed by atoms with van der Waals surface area (Å²) in [6.07, 6.45) is -1.23. The van der Waals surface area contributed by atoms with Gasteiger partial charge >= 0.3 is 6.18 Å². The van der Waals surface area contributed by atoms with E-state index in [0.717, 1.165) is 22.4 Å². The molecule has 132 valence electrons. The van der Waals surface area contributed by atoms with Gasteiger partial charge in [-0.05, 0) is 42.8 Å². The fraction of sp³-hybridized carbons (Fsp3) is 0.100. The van der Waals surface area contributed by atoms with Crippen molar-refractivity contribution in [2.75, 3.05) is 0 Å². The lowest BCUT2D eigenvalue weighted by atomic mass is 10.2. The van der Waals surface area contributed by atoms with Gasteiger partial charge in [0.25, 0.3) is 5.56 Å². The van der Waals surface area contributed by atoms with E-state index >= 15 is 0 Å². The Morgan fingerprint density at radius 1 is 1.04 bits per heavy atom. The summed E-state index contributed by atoms with van der Waals surface area (Å²) in [7, 11) is 0. The van der Waals surface area contributed by atoms with Crippen LogP contribution in [0, 0.1) is 6.92 Å². The maximum Gasteiger partial charge on any atom is 0.416 e. The minimum Gasteiger partial charge on any atom is -0.295 e. The SMILES string of the molecule is Cc1[nH]n(-c2cccc(C(F)(F)F)c2)c(=O)c1C=C=Cc1ccccc1. The fourth-order valence-corrected chi connectivity index (χ4v) is 2.50. The molecule has 26 heavy (non-hydrogen) atoms. The van der Waals surface area contributed by atoms with Gasteiger partial charge in [-0.25, -0.2) is 4.68 Å². The molecule has 1 aromatic heterocycles. The van der Waals surface area contributed by atoms with Crippen LogP contribution >= 0.6 is 0 Å². The highest BCUT2D eigenvalue weighted by Gasteiger charge is 2.30. The van der Waals surface area contributed by atoms with Crippen LogP contribution in [0.1, 0.15) is 22.4 Å². The second kappa shape index (κ2) is 6.94. The zero-order chi connectivity index (χ0) is 18.7. The van der Waals surface area contributed by atoms with Gasteiger partial charge in [0.15, 0.2) is 0 Å². The molecule has 0 aliphatic rings. The third kappa shape index (κ3) is 3.71. The summed E-state index contributed by atoms with van der Waals surface area (Å²) in [4.78, 5) is 12.6. The average Bonchev–Trinajstić information content (AvgIpc) is 2.90. The largest absolute Gasteiger partial charge is 0.416 e. The van der Waals surface area contributed by atoms with Gasteiger partial charge in [0.1, 0.15) is 0 Å². The fourth-order valence-electron chi connectivity index (χ4n) is 2.50. The number of aryl methyl sites for hydroxylation is 1. The van der Waals surface area contributed by atoms with Crippen molar-refractivity contribution in [1.29, 1.82) is 0 Å². The number of benzene rings is 2. The zero-order valence-corrected chi connectivity index (χ0v) is 13.8. The van der Waals surface area contributed by atoms with Crippen LogP contribution in [0.4, 0.5) is 13.2 Å². The molecule has 0 saturated heterocycles. The summed E-state index contributed by atoms with van der Waals surface area (Å²) < 4.78 is 39.7. The number of alkyl halides is 3. The normalized spacial score (nSPS) is 11.1. The van der Waals surface area contributed by atoms with Crippen LogP contribution in [0.5, 0.6) is 0 Å². The molecular weight excluding hydrogens is 341 g/mol. The standard InChI is InChI=1S/C20H15F3N2O/c1-14-18(12-5-9-15-7-3-2-4-8-15)19(26)25(24-14)17-11-6-10-16(13-17)20(21,22)23/h2-4,6-13,24H,1H3. The van der Waals surface area contributed by atoms with E-state index in [-0.39, 0.29) is 5.69 Å². The van der Waals surface area contributed by atoms with E-state index in [1.807, 2.05) is 30.3 Å². The third-order valence-corrected chi connectivity index (χ3v) is 3.83. The second-order valence-corrected chi connectivity index (χ2v) is 5.71. The van der Waals surface area contributed by atoms with Gasteiger partial charge in [0, 0.05) is 5.69 Å². The lowest BCUT2D eigenvalue weighted by Crippen LogP contribution is -2.16. The maximum absolute atomic E-state index is 12.9. The minimum atomic E-state index is -4.47. The number of rotatable bonds is 3. The summed E-state index contributed by atoms with van der Waals surface area (Å²) in [6, 6.07) is 14.1. The molecule has 2 aromatic carbocycles. The van der Waals surface area contributed by atoms with Crippen molar-refractivity contribution in [2.24, 2.45) is 0 Å². The number of halogens is 3. The molecule has 0 fully saturated rings. The predicted molar refractivity (Wildman–Crippen MR) is 95.0 cm³/mol. The van der Waals surface area contributed by atoms with Crippen LogP contribution in [0.25, 0.3) is 17.8 Å². The first kappa shape index (κ1) is 17.6. The van der Waals surface area contributed by atoms with Crippen molar-refractivity contribution in [1.82, 2.24) is 9.78 Å². The molecule has 0 amide bonds. The van der Waals surface area contributed by atoms with Crippen molar-refractivity contribution < 1.29 is 13.2 Å². The van der Waals surface area contributed by atoms with Gasteiger partial charge < -0.3 is 0 Å². The topological polar surface area (TPSA) is 37.8 Å². The van der Waals surface area contributed by atoms with E-state index in [2.05, 4.69) is 10.8 Å². The van der Waals surface area contributed by atoms with E-state index in [1.54, 1.807) is 13.0 Å². The smallest absolute Gasteiger partial charge is 0.295 e. The van der Waals surface area contributed by atoms with E-state index in [4.69, 9.17) is 0 Å². The van der Waals surface area contributed by atoms with E-state index in [0.29, 0.717) is 11.3 Å². The Labute approximate surface area is 147 Å². The van der Waals surface area contributed by atoms with Crippen molar-refractivity contribution in [2.45, 2.75) is 13.1 Å². The Hall–Kier alpha value is -3.24. The van der Waals surface area contributed by atoms with Crippen molar-refractivity contribution in [3.05, 3.63) is 93.1 Å². The number of nitrogens with one attached hydrogen (secondary N) is 1. The molecule has 0 aliphatic heterocycles. The highest BCUT2D eigenvalue weighted by molar-refractivity contribution is 5.58. The van der Waals surface area contributed by atoms with Gasteiger partial charge in [-0.1, -0.05) is 36.4 Å². The van der Waals surface area contributed by atoms with Crippen LogP contribution < -0.4 is 5.56 Å². The molecular formula is C20H15F3N2O. The summed E-state index contributed by atoms with van der Waals surface area (Å²) in [6.45, 7) is 1.68. The van der Waals surface area contributed by atoms with Crippen LogP contribution in [-0.2, 0) is 6.18 Å². The van der Waals surface area contributed by atoms with E-state index in [9.17, 15) is 18.0 Å². The van der Waals surface area contributed by atoms with E-state index in [1.165, 1.54) is 18.2 Å². The quantitative estimate of drug-likeness (QED) is 0.672. The molecule has 1 heterocycles. The first-order valence-electron chi connectivity index (χ1n) is 7.83. The van der Waals surface area contributed by atoms with Crippen molar-refractivity contribution in [3.8, 4) is 5.69 Å². The van der Waals surface area contributed by atoms with Crippen LogP contribution in [0.15, 0.2) is 65.1 Å². The Kier molecular flexibility index (Phi) is 4.69. The molecule has 0 saturated carbocycles. The number of hydrogen-bond donors (Lipinski definition) is 1. The summed E-state index contributed by atoms with van der Waals surface area (Å²) in [5.74, 6) is 0. The van der Waals surface area contributed by atoms with Gasteiger partial charge in [-0.3, -0.25) is 9.89 Å². The Morgan fingerprint density at radius 3 is 2.46 bits per heavy atom. The summed E-state index contributed by atoms with van der Waals surface area (Å²) in [5, 5.41) is 2.81. The van der Waals surface area contributed by atoms with Gasteiger partial charge in [0.2, 0.25) is 0 Å². The molecule has 3 nitrogen and oxygen atoms in total. The van der Waals surface area contributed by atoms with Crippen molar-refractivity contribution in [3.63, 3.8) is 0 Å². The molecule has 0 aliphatic carbocycles. The molecule has 1 N–H and O–H groups in total. The van der Waals surface area contributed by atoms with Gasteiger partial charge in [-0.15, -0.1) is 5.73 Å². The van der Waals surface area contributed by atoms with Gasteiger partial charge in [-0.2, -0.15) is 13.2 Å². The number of nitrogens with zero attached hydrogens (tertiary/aromatic N) is 1. The Morgan fingerprint density at radius 2 is 1.77 bits per heavy atom. The number of aromatic amines is 1. The maximum atomic E-state index is 12.9. The third-order valence-electron chi connectivity index (χ3n) is 3.83. The molecule has 0 bridgehead atoms. The lowest BCUT2D eigenvalue weighted by molar-refractivity contribution is -0.137. The number of aromatic nitrogens is 2. The molecule has 3 rings (SSSR count). The average molecular weight is 356 g/mol. The molecule has 0 unspecified atom stereocenters. The predicted octanol–water partition coefficient (Wildman–Crippen LogP) is 4.82. The van der Waals surface area contributed by atoms with E-state index < -0.39 is 17.3 Å². The van der Waals surface area contributed by atoms with Crippen LogP contribution in [0.2, 0.25) is 0 Å². The summed E-state index contributed by atoms with van der Waals surface area (Å²) in [5.41, 5.74) is 3.63. The highest BCUT2D eigenvalue weighted by atomic mass is 19.4. The summed E-state index contributed by atoms with van der Waals surface area (Å²) >= 11 is 0. The molecule has 3 aromatic rings. The molecule has 0 radical (unpaired) electrons. The Bertz CT molecular complexity index is 1040. The number of hydrogen-bond acceptors (Lipinski definition) is 1. The van der Waals surface area contributed by atoms with Crippen LogP contribution in [0.3, 0.4) is 0 Å². The van der Waals surface area contributed by atoms with Gasteiger partial charge in [0.05, 0.1) is 16.8 Å². The molecule has 0 atom stereocenters. The second-order valence-electron chi connectivity index (χ2n) is 5.71. The minimum absolute atomic E-state index is 0.125. The van der Waals surface area contributed by atoms with Crippen LogP contribution in [-0.4, -0.2) is 9.78 Å². The number of H-pyrrole nitrogens is 1. The lowest BCUT2D eigenvalue weighted by Gasteiger charge is -2.08. The monoisotopic (exact) mass is 356 g/mol. The molecule has 0 spiro atoms. The zero-order valence-electron chi connectivity index (χ0n) is 13.8.